The molecule has 2 aromatic carbocycles. The Hall–Kier alpha value is -1.56. The normalized spacial score (nSPS) is 17.9. The van der Waals surface area contributed by atoms with Crippen molar-refractivity contribution in [2.75, 3.05) is 10.8 Å². The molecule has 1 aliphatic rings. The van der Waals surface area contributed by atoms with Gasteiger partial charge in [0, 0.05) is 17.1 Å². The molecule has 0 aromatic heterocycles. The first-order valence-electron chi connectivity index (χ1n) is 7.38. The lowest BCUT2D eigenvalue weighted by Gasteiger charge is -2.33. The molecule has 1 N–H and O–H groups in total. The highest BCUT2D eigenvalue weighted by atomic mass is 35.5. The standard InChI is InChI=1S/C17H18ClNO3S/c1-11-3-6-17(12(2)9-11)23(21,22)19-8-7-16(20)14-10-13(18)4-5-15(14)19/h3-6,9-10,16,20H,7-8H2,1-2H3. The van der Waals surface area contributed by atoms with Gasteiger partial charge in [-0.15, -0.1) is 0 Å². The number of benzene rings is 2. The molecule has 0 bridgehead atoms. The molecule has 0 fully saturated rings. The summed E-state index contributed by atoms with van der Waals surface area (Å²) >= 11 is 5.98. The highest BCUT2D eigenvalue weighted by molar-refractivity contribution is 7.92. The molecule has 0 amide bonds. The Morgan fingerprint density at radius 2 is 1.91 bits per heavy atom. The van der Waals surface area contributed by atoms with Gasteiger partial charge in [0.2, 0.25) is 0 Å². The lowest BCUT2D eigenvalue weighted by molar-refractivity contribution is 0.166. The number of fused-ring (bicyclic) bond motifs is 1. The van der Waals surface area contributed by atoms with Crippen LogP contribution in [-0.2, 0) is 10.0 Å². The summed E-state index contributed by atoms with van der Waals surface area (Å²) in [6, 6.07) is 10.2. The summed E-state index contributed by atoms with van der Waals surface area (Å²) < 4.78 is 27.5. The van der Waals surface area contributed by atoms with Crippen LogP contribution in [0, 0.1) is 13.8 Å². The van der Waals surface area contributed by atoms with Crippen molar-refractivity contribution in [1.82, 2.24) is 0 Å². The Morgan fingerprint density at radius 3 is 2.61 bits per heavy atom. The van der Waals surface area contributed by atoms with Crippen molar-refractivity contribution in [3.63, 3.8) is 0 Å². The number of nitrogens with zero attached hydrogens (tertiary/aromatic N) is 1. The van der Waals surface area contributed by atoms with Gasteiger partial charge < -0.3 is 5.11 Å². The number of halogens is 1. The molecule has 1 unspecified atom stereocenters. The smallest absolute Gasteiger partial charge is 0.264 e. The summed E-state index contributed by atoms with van der Waals surface area (Å²) in [7, 11) is -3.68. The van der Waals surface area contributed by atoms with Crippen LogP contribution in [0.5, 0.6) is 0 Å². The number of aliphatic hydroxyl groups excluding tert-OH is 1. The van der Waals surface area contributed by atoms with Gasteiger partial charge in [-0.2, -0.15) is 0 Å². The second kappa shape index (κ2) is 5.82. The molecule has 122 valence electrons. The molecule has 1 atom stereocenters. The molecule has 2 aromatic rings. The molecular formula is C17H18ClNO3S. The van der Waals surface area contributed by atoms with Crippen LogP contribution in [0.4, 0.5) is 5.69 Å². The average molecular weight is 352 g/mol. The maximum absolute atomic E-state index is 13.1. The maximum atomic E-state index is 13.1. The Balaban J connectivity index is 2.13. The molecule has 0 aliphatic carbocycles. The topological polar surface area (TPSA) is 57.6 Å². The van der Waals surface area contributed by atoms with Crippen molar-refractivity contribution < 1.29 is 13.5 Å². The third-order valence-corrected chi connectivity index (χ3v) is 6.33. The minimum Gasteiger partial charge on any atom is -0.388 e. The first kappa shape index (κ1) is 16.3. The lowest BCUT2D eigenvalue weighted by atomic mass is 10.0. The fraction of sp³-hybridized carbons (Fsp3) is 0.294. The van der Waals surface area contributed by atoms with Gasteiger partial charge in [-0.3, -0.25) is 4.31 Å². The van der Waals surface area contributed by atoms with Crippen molar-refractivity contribution in [2.45, 2.75) is 31.3 Å². The van der Waals surface area contributed by atoms with Crippen molar-refractivity contribution >= 4 is 27.3 Å². The van der Waals surface area contributed by atoms with Crippen LogP contribution in [0.3, 0.4) is 0 Å². The summed E-state index contributed by atoms with van der Waals surface area (Å²) in [6.45, 7) is 3.96. The summed E-state index contributed by atoms with van der Waals surface area (Å²) in [6.07, 6.45) is -0.355. The van der Waals surface area contributed by atoms with Crippen LogP contribution in [0.1, 0.15) is 29.2 Å². The maximum Gasteiger partial charge on any atom is 0.264 e. The average Bonchev–Trinajstić information content (AvgIpc) is 2.47. The van der Waals surface area contributed by atoms with Crippen LogP contribution in [0.25, 0.3) is 0 Å². The number of aryl methyl sites for hydroxylation is 2. The fourth-order valence-corrected chi connectivity index (χ4v) is 4.89. The molecule has 0 radical (unpaired) electrons. The first-order valence-corrected chi connectivity index (χ1v) is 9.20. The highest BCUT2D eigenvalue weighted by Crippen LogP contribution is 2.38. The predicted octanol–water partition coefficient (Wildman–Crippen LogP) is 3.59. The van der Waals surface area contributed by atoms with E-state index in [0.29, 0.717) is 33.2 Å². The van der Waals surface area contributed by atoms with E-state index < -0.39 is 16.1 Å². The van der Waals surface area contributed by atoms with Crippen LogP contribution in [-0.4, -0.2) is 20.1 Å². The number of hydrogen-bond donors (Lipinski definition) is 1. The van der Waals surface area contributed by atoms with Crippen LogP contribution in [0.15, 0.2) is 41.3 Å². The molecule has 4 nitrogen and oxygen atoms in total. The van der Waals surface area contributed by atoms with E-state index in [0.717, 1.165) is 5.56 Å². The van der Waals surface area contributed by atoms with E-state index in [9.17, 15) is 13.5 Å². The molecule has 3 rings (SSSR count). The Kier molecular flexibility index (Phi) is 4.12. The fourth-order valence-electron chi connectivity index (χ4n) is 2.99. The molecule has 1 heterocycles. The van der Waals surface area contributed by atoms with Gasteiger partial charge in [-0.05, 0) is 50.1 Å². The van der Waals surface area contributed by atoms with Crippen LogP contribution >= 0.6 is 11.6 Å². The van der Waals surface area contributed by atoms with Crippen LogP contribution < -0.4 is 4.31 Å². The molecule has 6 heteroatoms. The predicted molar refractivity (Wildman–Crippen MR) is 91.5 cm³/mol. The second-order valence-corrected chi connectivity index (χ2v) is 8.12. The zero-order chi connectivity index (χ0) is 16.8. The number of aliphatic hydroxyl groups is 1. The van der Waals surface area contributed by atoms with E-state index in [2.05, 4.69) is 0 Å². The van der Waals surface area contributed by atoms with Gasteiger partial charge in [-0.1, -0.05) is 29.3 Å². The summed E-state index contributed by atoms with van der Waals surface area (Å²) in [4.78, 5) is 0.292. The van der Waals surface area contributed by atoms with E-state index >= 15 is 0 Å². The Morgan fingerprint density at radius 1 is 1.17 bits per heavy atom. The zero-order valence-corrected chi connectivity index (χ0v) is 14.5. The van der Waals surface area contributed by atoms with Gasteiger partial charge in [0.15, 0.2) is 0 Å². The largest absolute Gasteiger partial charge is 0.388 e. The summed E-state index contributed by atoms with van der Waals surface area (Å²) in [5, 5.41) is 10.6. The van der Waals surface area contributed by atoms with Crippen molar-refractivity contribution in [3.8, 4) is 0 Å². The van der Waals surface area contributed by atoms with Gasteiger partial charge in [-0.25, -0.2) is 8.42 Å². The summed E-state index contributed by atoms with van der Waals surface area (Å²) in [5.41, 5.74) is 2.78. The van der Waals surface area contributed by atoms with E-state index in [-0.39, 0.29) is 6.54 Å². The monoisotopic (exact) mass is 351 g/mol. The van der Waals surface area contributed by atoms with E-state index in [1.54, 1.807) is 37.3 Å². The zero-order valence-electron chi connectivity index (χ0n) is 13.0. The van der Waals surface area contributed by atoms with Crippen molar-refractivity contribution in [1.29, 1.82) is 0 Å². The van der Waals surface area contributed by atoms with E-state index in [1.807, 2.05) is 13.0 Å². The van der Waals surface area contributed by atoms with Crippen LogP contribution in [0.2, 0.25) is 5.02 Å². The van der Waals surface area contributed by atoms with Gasteiger partial charge in [0.25, 0.3) is 10.0 Å². The van der Waals surface area contributed by atoms with Gasteiger partial charge in [0.05, 0.1) is 16.7 Å². The third kappa shape index (κ3) is 2.84. The van der Waals surface area contributed by atoms with Crippen molar-refractivity contribution in [3.05, 3.63) is 58.1 Å². The first-order chi connectivity index (χ1) is 10.8. The Bertz CT molecular complexity index is 864. The number of hydrogen-bond acceptors (Lipinski definition) is 3. The summed E-state index contributed by atoms with van der Waals surface area (Å²) in [5.74, 6) is 0. The number of sulfonamides is 1. The van der Waals surface area contributed by atoms with E-state index in [1.165, 1.54) is 4.31 Å². The van der Waals surface area contributed by atoms with Crippen molar-refractivity contribution in [2.24, 2.45) is 0 Å². The molecule has 0 saturated heterocycles. The van der Waals surface area contributed by atoms with E-state index in [4.69, 9.17) is 11.6 Å². The SMILES string of the molecule is Cc1ccc(S(=O)(=O)N2CCC(O)c3cc(Cl)ccc32)c(C)c1. The molecule has 0 spiro atoms. The minimum absolute atomic E-state index is 0.242. The van der Waals surface area contributed by atoms with Gasteiger partial charge in [0.1, 0.15) is 0 Å². The quantitative estimate of drug-likeness (QED) is 0.899. The molecular weight excluding hydrogens is 334 g/mol. The lowest BCUT2D eigenvalue weighted by Crippen LogP contribution is -2.37. The molecule has 1 aliphatic heterocycles. The molecule has 0 saturated carbocycles. The minimum atomic E-state index is -3.68. The number of rotatable bonds is 2. The van der Waals surface area contributed by atoms with Gasteiger partial charge >= 0.3 is 0 Å². The third-order valence-electron chi connectivity index (χ3n) is 4.12. The highest BCUT2D eigenvalue weighted by Gasteiger charge is 2.33. The second-order valence-electron chi connectivity index (χ2n) is 5.85. The Labute approximate surface area is 141 Å². The number of anilines is 1. The molecule has 23 heavy (non-hydrogen) atoms.